The smallest absolute Gasteiger partial charge is 0.264 e. The van der Waals surface area contributed by atoms with Crippen molar-refractivity contribution < 1.29 is 18.0 Å². The predicted octanol–water partition coefficient (Wildman–Crippen LogP) is 8.55. The zero-order chi connectivity index (χ0) is 35.1. The highest BCUT2D eigenvalue weighted by atomic mass is 35.5. The van der Waals surface area contributed by atoms with Crippen molar-refractivity contribution >= 4 is 62.3 Å². The average molecular weight is 741 g/mol. The van der Waals surface area contributed by atoms with Gasteiger partial charge in [0.05, 0.1) is 10.6 Å². The van der Waals surface area contributed by atoms with Gasteiger partial charge in [0, 0.05) is 34.1 Å². The lowest BCUT2D eigenvalue weighted by Crippen LogP contribution is -2.55. The van der Waals surface area contributed by atoms with E-state index in [0.717, 1.165) is 47.5 Å². The van der Waals surface area contributed by atoms with Crippen LogP contribution >= 0.6 is 34.8 Å². The predicted molar refractivity (Wildman–Crippen MR) is 198 cm³/mol. The molecule has 1 unspecified atom stereocenters. The number of sulfonamides is 1. The van der Waals surface area contributed by atoms with Crippen LogP contribution in [0.4, 0.5) is 5.69 Å². The Bertz CT molecular complexity index is 1880. The van der Waals surface area contributed by atoms with Crippen LogP contribution in [-0.2, 0) is 32.6 Å². The van der Waals surface area contributed by atoms with Crippen molar-refractivity contribution in [2.24, 2.45) is 0 Å². The van der Waals surface area contributed by atoms with E-state index in [4.69, 9.17) is 34.8 Å². The molecule has 5 rings (SSSR count). The molecular weight excluding hydrogens is 701 g/mol. The van der Waals surface area contributed by atoms with Crippen LogP contribution in [0.25, 0.3) is 0 Å². The van der Waals surface area contributed by atoms with E-state index in [-0.39, 0.29) is 35.5 Å². The van der Waals surface area contributed by atoms with Gasteiger partial charge in [0.15, 0.2) is 0 Å². The number of benzene rings is 4. The second kappa shape index (κ2) is 16.4. The Labute approximate surface area is 304 Å². The number of hydrogen-bond acceptors (Lipinski definition) is 4. The molecule has 0 radical (unpaired) electrons. The number of nitrogens with zero attached hydrogens (tertiary/aromatic N) is 2. The Morgan fingerprint density at radius 3 is 2.20 bits per heavy atom. The molecule has 0 aliphatic heterocycles. The first-order valence-corrected chi connectivity index (χ1v) is 18.9. The standard InChI is InChI=1S/C38H40Cl3N3O4S/c1-26-16-20-32(21-17-26)49(47,48)44(35-15-9-14-33(40)27(35)2)25-37(45)43(24-29-18-19-30(39)23-34(29)41)36(22-28-10-5-3-6-11-28)38(46)42-31-12-7-4-8-13-31/h3,5-6,9-11,14-21,23,31,36H,4,7-8,12-13,22,24-25H2,1-2H3,(H,42,46). The number of rotatable bonds is 12. The first-order valence-electron chi connectivity index (χ1n) is 16.4. The van der Waals surface area contributed by atoms with Crippen molar-refractivity contribution in [2.75, 3.05) is 10.8 Å². The van der Waals surface area contributed by atoms with Crippen molar-refractivity contribution in [2.45, 2.75) is 75.9 Å². The summed E-state index contributed by atoms with van der Waals surface area (Å²) in [6, 6.07) is 24.8. The summed E-state index contributed by atoms with van der Waals surface area (Å²) < 4.78 is 29.8. The number of amides is 2. The van der Waals surface area contributed by atoms with Gasteiger partial charge < -0.3 is 10.2 Å². The van der Waals surface area contributed by atoms with Gasteiger partial charge in [-0.05, 0) is 79.8 Å². The van der Waals surface area contributed by atoms with E-state index in [1.807, 2.05) is 37.3 Å². The number of aryl methyl sites for hydroxylation is 1. The van der Waals surface area contributed by atoms with Crippen LogP contribution in [0.1, 0.15) is 54.4 Å². The topological polar surface area (TPSA) is 86.8 Å². The zero-order valence-corrected chi connectivity index (χ0v) is 30.6. The van der Waals surface area contributed by atoms with E-state index >= 15 is 0 Å². The molecule has 0 heterocycles. The molecule has 1 N–H and O–H groups in total. The molecule has 258 valence electrons. The molecule has 1 aliphatic rings. The fourth-order valence-electron chi connectivity index (χ4n) is 6.15. The molecule has 49 heavy (non-hydrogen) atoms. The third-order valence-corrected chi connectivity index (χ3v) is 11.7. The largest absolute Gasteiger partial charge is 0.352 e. The normalized spacial score (nSPS) is 14.2. The van der Waals surface area contributed by atoms with Gasteiger partial charge in [-0.3, -0.25) is 13.9 Å². The third kappa shape index (κ3) is 9.17. The summed E-state index contributed by atoms with van der Waals surface area (Å²) in [4.78, 5) is 30.6. The van der Waals surface area contributed by atoms with Crippen molar-refractivity contribution in [1.29, 1.82) is 0 Å². The maximum Gasteiger partial charge on any atom is 0.264 e. The molecular formula is C38H40Cl3N3O4S. The lowest BCUT2D eigenvalue weighted by molar-refractivity contribution is -0.140. The van der Waals surface area contributed by atoms with Crippen LogP contribution < -0.4 is 9.62 Å². The molecule has 0 spiro atoms. The molecule has 2 amide bonds. The van der Waals surface area contributed by atoms with Crippen LogP contribution in [0.3, 0.4) is 0 Å². The number of carbonyl (C=O) groups excluding carboxylic acids is 2. The summed E-state index contributed by atoms with van der Waals surface area (Å²) in [5.74, 6) is -0.887. The van der Waals surface area contributed by atoms with Gasteiger partial charge in [-0.15, -0.1) is 0 Å². The Morgan fingerprint density at radius 2 is 1.53 bits per heavy atom. The summed E-state index contributed by atoms with van der Waals surface area (Å²) in [6.45, 7) is 2.92. The van der Waals surface area contributed by atoms with Gasteiger partial charge in [-0.2, -0.15) is 0 Å². The summed E-state index contributed by atoms with van der Waals surface area (Å²) in [6.07, 6.45) is 5.07. The number of carbonyl (C=O) groups is 2. The van der Waals surface area contributed by atoms with Crippen molar-refractivity contribution in [3.63, 3.8) is 0 Å². The second-order valence-corrected chi connectivity index (χ2v) is 15.6. The summed E-state index contributed by atoms with van der Waals surface area (Å²) in [5.41, 5.74) is 3.06. The Kier molecular flexibility index (Phi) is 12.3. The third-order valence-electron chi connectivity index (χ3n) is 8.97. The Balaban J connectivity index is 1.60. The minimum atomic E-state index is -4.27. The highest BCUT2D eigenvalue weighted by Crippen LogP contribution is 2.32. The number of nitrogens with one attached hydrogen (secondary N) is 1. The first kappa shape index (κ1) is 36.7. The molecule has 1 atom stereocenters. The molecule has 4 aromatic carbocycles. The first-order chi connectivity index (χ1) is 23.4. The van der Waals surface area contributed by atoms with E-state index in [0.29, 0.717) is 26.2 Å². The lowest BCUT2D eigenvalue weighted by atomic mass is 9.94. The van der Waals surface area contributed by atoms with Gasteiger partial charge in [-0.25, -0.2) is 8.42 Å². The van der Waals surface area contributed by atoms with Crippen LogP contribution in [0.5, 0.6) is 0 Å². The monoisotopic (exact) mass is 739 g/mol. The minimum Gasteiger partial charge on any atom is -0.352 e. The van der Waals surface area contributed by atoms with Crippen molar-refractivity contribution in [3.05, 3.63) is 128 Å². The second-order valence-electron chi connectivity index (χ2n) is 12.5. The van der Waals surface area contributed by atoms with Crippen LogP contribution in [0, 0.1) is 13.8 Å². The van der Waals surface area contributed by atoms with Crippen molar-refractivity contribution in [1.82, 2.24) is 10.2 Å². The van der Waals surface area contributed by atoms with Gasteiger partial charge in [-0.1, -0.05) is 114 Å². The van der Waals surface area contributed by atoms with Crippen molar-refractivity contribution in [3.8, 4) is 0 Å². The molecule has 7 nitrogen and oxygen atoms in total. The summed E-state index contributed by atoms with van der Waals surface area (Å²) in [7, 11) is -4.27. The molecule has 1 saturated carbocycles. The number of hydrogen-bond donors (Lipinski definition) is 1. The average Bonchev–Trinajstić information content (AvgIpc) is 3.08. The summed E-state index contributed by atoms with van der Waals surface area (Å²) >= 11 is 19.3. The lowest BCUT2D eigenvalue weighted by Gasteiger charge is -2.35. The van der Waals surface area contributed by atoms with E-state index in [9.17, 15) is 18.0 Å². The quantitative estimate of drug-likeness (QED) is 0.158. The molecule has 1 fully saturated rings. The van der Waals surface area contributed by atoms with Crippen LogP contribution in [-0.4, -0.2) is 43.8 Å². The Hall–Kier alpha value is -3.56. The van der Waals surface area contributed by atoms with Gasteiger partial charge in [0.1, 0.15) is 12.6 Å². The highest BCUT2D eigenvalue weighted by Gasteiger charge is 2.36. The fourth-order valence-corrected chi connectivity index (χ4v) is 8.26. The highest BCUT2D eigenvalue weighted by molar-refractivity contribution is 7.92. The molecule has 0 bridgehead atoms. The Morgan fingerprint density at radius 1 is 0.837 bits per heavy atom. The van der Waals surface area contributed by atoms with Gasteiger partial charge in [0.2, 0.25) is 11.8 Å². The molecule has 1 aliphatic carbocycles. The fraction of sp³-hybridized carbons (Fsp3) is 0.316. The van der Waals surface area contributed by atoms with E-state index in [2.05, 4.69) is 5.32 Å². The zero-order valence-electron chi connectivity index (χ0n) is 27.5. The van der Waals surface area contributed by atoms with Crippen LogP contribution in [0.15, 0.2) is 95.9 Å². The maximum atomic E-state index is 14.8. The molecule has 4 aromatic rings. The van der Waals surface area contributed by atoms with E-state index in [1.165, 1.54) is 17.0 Å². The van der Waals surface area contributed by atoms with E-state index < -0.39 is 28.5 Å². The summed E-state index contributed by atoms with van der Waals surface area (Å²) in [5, 5.41) is 4.32. The SMILES string of the molecule is Cc1ccc(S(=O)(=O)N(CC(=O)N(Cc2ccc(Cl)cc2Cl)C(Cc2ccccc2)C(=O)NC2CCCCC2)c2cccc(Cl)c2C)cc1. The molecule has 11 heteroatoms. The molecule has 0 aromatic heterocycles. The van der Waals surface area contributed by atoms with Crippen LogP contribution in [0.2, 0.25) is 15.1 Å². The maximum absolute atomic E-state index is 14.8. The van der Waals surface area contributed by atoms with Gasteiger partial charge in [0.25, 0.3) is 10.0 Å². The number of halogens is 3. The number of anilines is 1. The molecule has 0 saturated heterocycles. The van der Waals surface area contributed by atoms with Gasteiger partial charge >= 0.3 is 0 Å². The minimum absolute atomic E-state index is 0.0110. The van der Waals surface area contributed by atoms with E-state index in [1.54, 1.807) is 55.5 Å².